The zero-order valence-corrected chi connectivity index (χ0v) is 7.40. The molecule has 0 aliphatic rings. The third kappa shape index (κ3) is 2.70. The molecule has 1 aromatic rings. The van der Waals surface area contributed by atoms with Gasteiger partial charge >= 0.3 is 0 Å². The van der Waals surface area contributed by atoms with Crippen LogP contribution in [-0.4, -0.2) is 12.8 Å². The Morgan fingerprint density at radius 3 is 3.17 bits per heavy atom. The second kappa shape index (κ2) is 4.49. The summed E-state index contributed by atoms with van der Waals surface area (Å²) in [6.45, 7) is 2.51. The van der Waals surface area contributed by atoms with Crippen LogP contribution in [0.2, 0.25) is 0 Å². The van der Waals surface area contributed by atoms with Crippen molar-refractivity contribution in [2.24, 2.45) is 12.2 Å². The van der Waals surface area contributed by atoms with Crippen molar-refractivity contribution in [2.75, 3.05) is 6.61 Å². The quantitative estimate of drug-likeness (QED) is 0.371. The van der Waals surface area contributed by atoms with Crippen molar-refractivity contribution >= 4 is 6.21 Å². The van der Waals surface area contributed by atoms with Crippen molar-refractivity contribution in [3.05, 3.63) is 30.1 Å². The topological polar surface area (TPSA) is 25.5 Å². The van der Waals surface area contributed by atoms with Crippen LogP contribution in [0.15, 0.2) is 29.7 Å². The summed E-state index contributed by atoms with van der Waals surface area (Å²) < 4.78 is 1.97. The van der Waals surface area contributed by atoms with E-state index in [-0.39, 0.29) is 0 Å². The monoisotopic (exact) mass is 165 g/mol. The molecular formula is C9H13N2O+. The molecule has 0 radical (unpaired) electrons. The van der Waals surface area contributed by atoms with Crippen molar-refractivity contribution in [1.82, 2.24) is 0 Å². The number of hydrogen-bond acceptors (Lipinski definition) is 2. The van der Waals surface area contributed by atoms with Crippen LogP contribution in [0.3, 0.4) is 0 Å². The van der Waals surface area contributed by atoms with Crippen LogP contribution in [0.25, 0.3) is 0 Å². The van der Waals surface area contributed by atoms with Crippen molar-refractivity contribution in [1.29, 1.82) is 0 Å². The summed E-state index contributed by atoms with van der Waals surface area (Å²) in [5.41, 5.74) is 1.04. The number of aromatic nitrogens is 1. The Morgan fingerprint density at radius 1 is 1.67 bits per heavy atom. The number of rotatable bonds is 3. The average molecular weight is 165 g/mol. The first kappa shape index (κ1) is 8.71. The number of hydrogen-bond donors (Lipinski definition) is 0. The molecule has 0 saturated heterocycles. The molecule has 0 bridgehead atoms. The second-order valence-electron chi connectivity index (χ2n) is 2.46. The van der Waals surface area contributed by atoms with Crippen LogP contribution in [0.5, 0.6) is 0 Å². The molecule has 0 saturated carbocycles. The third-order valence-electron chi connectivity index (χ3n) is 1.37. The Labute approximate surface area is 72.3 Å². The lowest BCUT2D eigenvalue weighted by atomic mass is 10.3. The Hall–Kier alpha value is -1.38. The van der Waals surface area contributed by atoms with E-state index in [0.29, 0.717) is 6.61 Å². The fourth-order valence-electron chi connectivity index (χ4n) is 0.860. The van der Waals surface area contributed by atoms with Gasteiger partial charge in [0.15, 0.2) is 12.4 Å². The minimum Gasteiger partial charge on any atom is -0.396 e. The van der Waals surface area contributed by atoms with Gasteiger partial charge < -0.3 is 4.84 Å². The van der Waals surface area contributed by atoms with Crippen LogP contribution in [0.4, 0.5) is 0 Å². The highest BCUT2D eigenvalue weighted by Gasteiger charge is 1.92. The van der Waals surface area contributed by atoms with Gasteiger partial charge in [-0.2, -0.15) is 0 Å². The molecule has 0 aliphatic heterocycles. The molecule has 1 rings (SSSR count). The standard InChI is InChI=1S/C9H13N2O/c1-3-12-10-7-9-5-4-6-11(2)8-9/h4-8H,3H2,1-2H3/q+1/b10-7+. The number of nitrogens with zero attached hydrogens (tertiary/aromatic N) is 2. The van der Waals surface area contributed by atoms with Gasteiger partial charge in [-0.25, -0.2) is 4.57 Å². The highest BCUT2D eigenvalue weighted by Crippen LogP contribution is 1.89. The summed E-state index contributed by atoms with van der Waals surface area (Å²) in [5.74, 6) is 0. The predicted octanol–water partition coefficient (Wildman–Crippen LogP) is 0.882. The maximum atomic E-state index is 4.84. The molecule has 3 nitrogen and oxygen atoms in total. The molecule has 1 aromatic heterocycles. The first-order valence-corrected chi connectivity index (χ1v) is 3.93. The number of pyridine rings is 1. The van der Waals surface area contributed by atoms with Gasteiger partial charge in [-0.15, -0.1) is 0 Å². The van der Waals surface area contributed by atoms with Gasteiger partial charge in [0.25, 0.3) is 0 Å². The van der Waals surface area contributed by atoms with Gasteiger partial charge in [-0.05, 0) is 13.0 Å². The second-order valence-corrected chi connectivity index (χ2v) is 2.46. The fraction of sp³-hybridized carbons (Fsp3) is 0.333. The highest BCUT2D eigenvalue weighted by atomic mass is 16.6. The number of oxime groups is 1. The van der Waals surface area contributed by atoms with E-state index < -0.39 is 0 Å². The highest BCUT2D eigenvalue weighted by molar-refractivity contribution is 5.77. The Morgan fingerprint density at radius 2 is 2.50 bits per heavy atom. The summed E-state index contributed by atoms with van der Waals surface area (Å²) in [6, 6.07) is 3.94. The lowest BCUT2D eigenvalue weighted by Gasteiger charge is -1.91. The van der Waals surface area contributed by atoms with E-state index in [1.54, 1.807) is 6.21 Å². The van der Waals surface area contributed by atoms with Crippen LogP contribution < -0.4 is 4.57 Å². The molecule has 12 heavy (non-hydrogen) atoms. The van der Waals surface area contributed by atoms with Crippen molar-refractivity contribution in [3.63, 3.8) is 0 Å². The van der Waals surface area contributed by atoms with Crippen molar-refractivity contribution in [3.8, 4) is 0 Å². The van der Waals surface area contributed by atoms with E-state index in [2.05, 4.69) is 5.16 Å². The van der Waals surface area contributed by atoms with Crippen molar-refractivity contribution < 1.29 is 9.40 Å². The molecule has 0 amide bonds. The Balaban J connectivity index is 2.63. The molecule has 0 atom stereocenters. The zero-order valence-electron chi connectivity index (χ0n) is 7.40. The minimum atomic E-state index is 0.607. The third-order valence-corrected chi connectivity index (χ3v) is 1.37. The van der Waals surface area contributed by atoms with Gasteiger partial charge in [0.1, 0.15) is 13.7 Å². The first-order chi connectivity index (χ1) is 5.83. The van der Waals surface area contributed by atoms with E-state index in [4.69, 9.17) is 4.84 Å². The predicted molar refractivity (Wildman–Crippen MR) is 46.8 cm³/mol. The maximum Gasteiger partial charge on any atom is 0.177 e. The first-order valence-electron chi connectivity index (χ1n) is 3.93. The van der Waals surface area contributed by atoms with Gasteiger partial charge in [0.05, 0.1) is 11.8 Å². The molecule has 0 fully saturated rings. The van der Waals surface area contributed by atoms with E-state index >= 15 is 0 Å². The SMILES string of the molecule is CCO/N=C/c1ccc[n+](C)c1. The molecule has 0 N–H and O–H groups in total. The molecular weight excluding hydrogens is 152 g/mol. The van der Waals surface area contributed by atoms with Gasteiger partial charge in [0.2, 0.25) is 0 Å². The van der Waals surface area contributed by atoms with Crippen LogP contribution in [0.1, 0.15) is 12.5 Å². The molecule has 0 aliphatic carbocycles. The largest absolute Gasteiger partial charge is 0.396 e. The minimum absolute atomic E-state index is 0.607. The molecule has 1 heterocycles. The van der Waals surface area contributed by atoms with Gasteiger partial charge in [-0.3, -0.25) is 0 Å². The van der Waals surface area contributed by atoms with E-state index in [0.717, 1.165) is 5.56 Å². The summed E-state index contributed by atoms with van der Waals surface area (Å²) in [7, 11) is 1.97. The number of aryl methyl sites for hydroxylation is 1. The Bertz CT molecular complexity index is 271. The molecule has 64 valence electrons. The van der Waals surface area contributed by atoms with E-state index in [1.807, 2.05) is 43.1 Å². The summed E-state index contributed by atoms with van der Waals surface area (Å²) >= 11 is 0. The van der Waals surface area contributed by atoms with Crippen LogP contribution in [-0.2, 0) is 11.9 Å². The Kier molecular flexibility index (Phi) is 3.26. The molecule has 3 heteroatoms. The average Bonchev–Trinajstić information content (AvgIpc) is 2.05. The normalized spacial score (nSPS) is 10.5. The summed E-state index contributed by atoms with van der Waals surface area (Å²) in [5, 5.41) is 3.76. The smallest absolute Gasteiger partial charge is 0.177 e. The van der Waals surface area contributed by atoms with Crippen LogP contribution >= 0.6 is 0 Å². The van der Waals surface area contributed by atoms with E-state index in [9.17, 15) is 0 Å². The summed E-state index contributed by atoms with van der Waals surface area (Å²) in [4.78, 5) is 4.84. The van der Waals surface area contributed by atoms with Gasteiger partial charge in [-0.1, -0.05) is 5.16 Å². The summed E-state index contributed by atoms with van der Waals surface area (Å²) in [6.07, 6.45) is 5.64. The van der Waals surface area contributed by atoms with Crippen molar-refractivity contribution in [2.45, 2.75) is 6.92 Å². The van der Waals surface area contributed by atoms with Gasteiger partial charge in [0, 0.05) is 6.07 Å². The van der Waals surface area contributed by atoms with Crippen LogP contribution in [0, 0.1) is 0 Å². The lowest BCUT2D eigenvalue weighted by molar-refractivity contribution is -0.671. The fourth-order valence-corrected chi connectivity index (χ4v) is 0.860. The molecule has 0 spiro atoms. The van der Waals surface area contributed by atoms with E-state index in [1.165, 1.54) is 0 Å². The molecule has 0 unspecified atom stereocenters. The lowest BCUT2D eigenvalue weighted by Crippen LogP contribution is -2.26. The zero-order chi connectivity index (χ0) is 8.81. The molecule has 0 aromatic carbocycles. The maximum absolute atomic E-state index is 4.84.